The number of ether oxygens (including phenoxy) is 2. The van der Waals surface area contributed by atoms with Crippen molar-refractivity contribution in [1.82, 2.24) is 0 Å². The molecule has 0 bridgehead atoms. The highest BCUT2D eigenvalue weighted by atomic mass is 127. The van der Waals surface area contributed by atoms with E-state index < -0.39 is 30.7 Å². The molecular weight excluding hydrogens is 291 g/mol. The van der Waals surface area contributed by atoms with Crippen molar-refractivity contribution in [3.05, 3.63) is 0 Å². The van der Waals surface area contributed by atoms with Gasteiger partial charge in [-0.3, -0.25) is 0 Å². The average Bonchev–Trinajstić information content (AvgIpc) is 2.15. The summed E-state index contributed by atoms with van der Waals surface area (Å²) in [6.07, 6.45) is -4.82. The van der Waals surface area contributed by atoms with Crippen LogP contribution in [0, 0.1) is 0 Å². The van der Waals surface area contributed by atoms with Gasteiger partial charge < -0.3 is 24.8 Å². The maximum atomic E-state index is 9.43. The van der Waals surface area contributed by atoms with Crippen LogP contribution < -0.4 is 0 Å². The summed E-state index contributed by atoms with van der Waals surface area (Å²) in [5.74, 6) is 0. The Kier molecular flexibility index (Phi) is 4.33. The quantitative estimate of drug-likeness (QED) is 0.445. The molecule has 3 N–H and O–H groups in total. The van der Waals surface area contributed by atoms with Crippen LogP contribution in [-0.4, -0.2) is 57.6 Å². The van der Waals surface area contributed by atoms with Crippen LogP contribution in [0.5, 0.6) is 0 Å². The minimum atomic E-state index is -1.21. The zero-order valence-corrected chi connectivity index (χ0v) is 9.29. The number of hydrogen-bond donors (Lipinski definition) is 3. The standard InChI is InChI=1S/C7H13IO5/c1-12-7-6(11)5(10)4(9)3(2-8)13-7/h3-7,9-11H,2H2,1H3/t3-,4-,5+,6+,7+/m1/s1. The highest BCUT2D eigenvalue weighted by Crippen LogP contribution is 2.22. The molecule has 1 heterocycles. The van der Waals surface area contributed by atoms with Crippen molar-refractivity contribution in [2.24, 2.45) is 0 Å². The molecular formula is C7H13IO5. The van der Waals surface area contributed by atoms with Gasteiger partial charge in [0.05, 0.1) is 6.10 Å². The second-order valence-corrected chi connectivity index (χ2v) is 3.79. The monoisotopic (exact) mass is 304 g/mol. The molecule has 0 aromatic rings. The van der Waals surface area contributed by atoms with Gasteiger partial charge in [0, 0.05) is 11.5 Å². The number of methoxy groups -OCH3 is 1. The first-order chi connectivity index (χ1) is 6.11. The van der Waals surface area contributed by atoms with E-state index in [-0.39, 0.29) is 0 Å². The van der Waals surface area contributed by atoms with Crippen LogP contribution in [0.15, 0.2) is 0 Å². The van der Waals surface area contributed by atoms with Crippen LogP contribution in [0.3, 0.4) is 0 Å². The number of hydrogen-bond acceptors (Lipinski definition) is 5. The van der Waals surface area contributed by atoms with Gasteiger partial charge in [-0.1, -0.05) is 22.6 Å². The molecule has 13 heavy (non-hydrogen) atoms. The molecule has 6 heteroatoms. The van der Waals surface area contributed by atoms with E-state index >= 15 is 0 Å². The van der Waals surface area contributed by atoms with E-state index in [0.29, 0.717) is 4.43 Å². The molecule has 0 spiro atoms. The molecule has 0 aliphatic carbocycles. The summed E-state index contributed by atoms with van der Waals surface area (Å²) < 4.78 is 10.5. The molecule has 0 radical (unpaired) electrons. The van der Waals surface area contributed by atoms with E-state index in [2.05, 4.69) is 0 Å². The van der Waals surface area contributed by atoms with Crippen molar-refractivity contribution < 1.29 is 24.8 Å². The van der Waals surface area contributed by atoms with Crippen molar-refractivity contribution in [2.75, 3.05) is 11.5 Å². The molecule has 78 valence electrons. The minimum absolute atomic E-state index is 0.496. The van der Waals surface area contributed by atoms with Gasteiger partial charge >= 0.3 is 0 Å². The summed E-state index contributed by atoms with van der Waals surface area (Å²) in [6, 6.07) is 0. The Labute approximate surface area is 89.8 Å². The molecule has 1 aliphatic heterocycles. The number of halogens is 1. The number of aliphatic hydroxyl groups is 3. The molecule has 0 aromatic heterocycles. The third-order valence-electron chi connectivity index (χ3n) is 2.05. The summed E-state index contributed by atoms with van der Waals surface area (Å²) in [5, 5.41) is 28.2. The van der Waals surface area contributed by atoms with Crippen LogP contribution in [0.25, 0.3) is 0 Å². The second kappa shape index (κ2) is 4.85. The molecule has 1 rings (SSSR count). The molecule has 1 aliphatic rings. The minimum Gasteiger partial charge on any atom is -0.388 e. The Hall–Kier alpha value is 0.530. The Morgan fingerprint density at radius 3 is 2.31 bits per heavy atom. The first-order valence-electron chi connectivity index (χ1n) is 3.90. The van der Waals surface area contributed by atoms with Crippen molar-refractivity contribution >= 4 is 22.6 Å². The van der Waals surface area contributed by atoms with Crippen molar-refractivity contribution in [3.8, 4) is 0 Å². The van der Waals surface area contributed by atoms with Crippen LogP contribution in [0.1, 0.15) is 0 Å². The van der Waals surface area contributed by atoms with Crippen molar-refractivity contribution in [2.45, 2.75) is 30.7 Å². The second-order valence-electron chi connectivity index (χ2n) is 2.90. The van der Waals surface area contributed by atoms with Gasteiger partial charge in [0.15, 0.2) is 6.29 Å². The van der Waals surface area contributed by atoms with Crippen LogP contribution in [-0.2, 0) is 9.47 Å². The van der Waals surface area contributed by atoms with Gasteiger partial charge in [0.2, 0.25) is 0 Å². The molecule has 1 fully saturated rings. The Bertz CT molecular complexity index is 147. The van der Waals surface area contributed by atoms with Gasteiger partial charge in [0.1, 0.15) is 18.3 Å². The number of aliphatic hydroxyl groups excluding tert-OH is 3. The van der Waals surface area contributed by atoms with Gasteiger partial charge in [-0.25, -0.2) is 0 Å². The number of alkyl halides is 1. The molecule has 0 aromatic carbocycles. The molecule has 1 saturated heterocycles. The highest BCUT2D eigenvalue weighted by molar-refractivity contribution is 14.1. The molecule has 0 saturated carbocycles. The van der Waals surface area contributed by atoms with Crippen molar-refractivity contribution in [1.29, 1.82) is 0 Å². The van der Waals surface area contributed by atoms with E-state index in [0.717, 1.165) is 0 Å². The first-order valence-corrected chi connectivity index (χ1v) is 5.42. The Balaban J connectivity index is 2.66. The molecule has 0 amide bonds. The topological polar surface area (TPSA) is 79.2 Å². The smallest absolute Gasteiger partial charge is 0.186 e. The summed E-state index contributed by atoms with van der Waals surface area (Å²) >= 11 is 2.03. The zero-order valence-electron chi connectivity index (χ0n) is 7.13. The Morgan fingerprint density at radius 1 is 1.23 bits per heavy atom. The molecule has 5 atom stereocenters. The van der Waals surface area contributed by atoms with Crippen LogP contribution >= 0.6 is 22.6 Å². The number of rotatable bonds is 2. The van der Waals surface area contributed by atoms with Gasteiger partial charge in [-0.05, 0) is 0 Å². The van der Waals surface area contributed by atoms with E-state index in [4.69, 9.17) is 9.47 Å². The molecule has 0 unspecified atom stereocenters. The maximum absolute atomic E-state index is 9.43. The first kappa shape index (κ1) is 11.6. The predicted octanol–water partition coefficient (Wildman–Crippen LogP) is -1.12. The van der Waals surface area contributed by atoms with E-state index in [1.807, 2.05) is 22.6 Å². The van der Waals surface area contributed by atoms with Crippen LogP contribution in [0.2, 0.25) is 0 Å². The lowest BCUT2D eigenvalue weighted by Crippen LogP contribution is -2.58. The third kappa shape index (κ3) is 2.31. The lowest BCUT2D eigenvalue weighted by Gasteiger charge is -2.39. The fourth-order valence-electron chi connectivity index (χ4n) is 1.24. The zero-order chi connectivity index (χ0) is 10.0. The predicted molar refractivity (Wildman–Crippen MR) is 52.6 cm³/mol. The fourth-order valence-corrected chi connectivity index (χ4v) is 1.97. The summed E-state index contributed by atoms with van der Waals surface area (Å²) in [7, 11) is 1.38. The lowest BCUT2D eigenvalue weighted by atomic mass is 10.0. The van der Waals surface area contributed by atoms with Crippen molar-refractivity contribution in [3.63, 3.8) is 0 Å². The Morgan fingerprint density at radius 2 is 1.85 bits per heavy atom. The summed E-state index contributed by atoms with van der Waals surface area (Å²) in [5.41, 5.74) is 0. The summed E-state index contributed by atoms with van der Waals surface area (Å²) in [4.78, 5) is 0. The van der Waals surface area contributed by atoms with Crippen LogP contribution in [0.4, 0.5) is 0 Å². The van der Waals surface area contributed by atoms with E-state index in [9.17, 15) is 15.3 Å². The maximum Gasteiger partial charge on any atom is 0.186 e. The SMILES string of the molecule is CO[C@H]1O[C@H](CI)[C@@H](O)[C@H](O)[C@@H]1O. The molecule has 5 nitrogen and oxygen atoms in total. The van der Waals surface area contributed by atoms with E-state index in [1.54, 1.807) is 0 Å². The highest BCUT2D eigenvalue weighted by Gasteiger charge is 2.43. The lowest BCUT2D eigenvalue weighted by molar-refractivity contribution is -0.284. The average molecular weight is 304 g/mol. The van der Waals surface area contributed by atoms with Gasteiger partial charge in [-0.2, -0.15) is 0 Å². The fraction of sp³-hybridized carbons (Fsp3) is 1.00. The van der Waals surface area contributed by atoms with Gasteiger partial charge in [-0.15, -0.1) is 0 Å². The third-order valence-corrected chi connectivity index (χ3v) is 2.92. The normalized spacial score (nSPS) is 46.4. The largest absolute Gasteiger partial charge is 0.388 e. The van der Waals surface area contributed by atoms with E-state index in [1.165, 1.54) is 7.11 Å². The summed E-state index contributed by atoms with van der Waals surface area (Å²) in [6.45, 7) is 0. The van der Waals surface area contributed by atoms with Gasteiger partial charge in [0.25, 0.3) is 0 Å².